The van der Waals surface area contributed by atoms with E-state index in [0.29, 0.717) is 24.6 Å². The summed E-state index contributed by atoms with van der Waals surface area (Å²) in [5.74, 6) is 0.480. The van der Waals surface area contributed by atoms with Crippen molar-refractivity contribution in [3.8, 4) is 11.1 Å². The number of rotatable bonds is 6. The molecule has 0 saturated heterocycles. The largest absolute Gasteiger partial charge is 0.350 e. The highest BCUT2D eigenvalue weighted by atomic mass is 35.5. The molecule has 0 unspecified atom stereocenters. The number of aryl methyl sites for hydroxylation is 1. The van der Waals surface area contributed by atoms with Gasteiger partial charge in [-0.15, -0.1) is 12.4 Å². The SMILES string of the molecule is Cc1cnccc1-c1cnn(CCNC(=O)c2ccncc2)c1C1CC1.Cl. The van der Waals surface area contributed by atoms with Gasteiger partial charge in [0.2, 0.25) is 0 Å². The maximum absolute atomic E-state index is 12.2. The smallest absolute Gasteiger partial charge is 0.251 e. The topological polar surface area (TPSA) is 72.7 Å². The molecule has 27 heavy (non-hydrogen) atoms. The molecule has 140 valence electrons. The molecule has 6 nitrogen and oxygen atoms in total. The molecule has 3 heterocycles. The summed E-state index contributed by atoms with van der Waals surface area (Å²) in [5, 5.41) is 7.56. The molecule has 0 bridgehead atoms. The van der Waals surface area contributed by atoms with E-state index in [0.717, 1.165) is 5.56 Å². The van der Waals surface area contributed by atoms with E-state index >= 15 is 0 Å². The number of hydrogen-bond acceptors (Lipinski definition) is 4. The van der Waals surface area contributed by atoms with Crippen LogP contribution in [0.25, 0.3) is 11.1 Å². The number of aromatic nitrogens is 4. The lowest BCUT2D eigenvalue weighted by Crippen LogP contribution is -2.27. The highest BCUT2D eigenvalue weighted by Gasteiger charge is 2.30. The summed E-state index contributed by atoms with van der Waals surface area (Å²) in [7, 11) is 0. The van der Waals surface area contributed by atoms with Crippen LogP contribution >= 0.6 is 12.4 Å². The third-order valence-corrected chi connectivity index (χ3v) is 4.71. The second-order valence-corrected chi connectivity index (χ2v) is 6.62. The van der Waals surface area contributed by atoms with Crippen molar-refractivity contribution in [2.24, 2.45) is 0 Å². The highest BCUT2D eigenvalue weighted by Crippen LogP contribution is 2.44. The molecule has 0 atom stereocenters. The van der Waals surface area contributed by atoms with Crippen molar-refractivity contribution in [2.45, 2.75) is 32.2 Å². The summed E-state index contributed by atoms with van der Waals surface area (Å²) in [4.78, 5) is 20.3. The van der Waals surface area contributed by atoms with Crippen molar-refractivity contribution in [3.05, 3.63) is 66.0 Å². The fourth-order valence-electron chi connectivity index (χ4n) is 3.22. The van der Waals surface area contributed by atoms with Crippen LogP contribution in [0.2, 0.25) is 0 Å². The number of carbonyl (C=O) groups is 1. The number of nitrogens with one attached hydrogen (secondary N) is 1. The fraction of sp³-hybridized carbons (Fsp3) is 0.300. The second-order valence-electron chi connectivity index (χ2n) is 6.62. The molecule has 7 heteroatoms. The quantitative estimate of drug-likeness (QED) is 0.708. The van der Waals surface area contributed by atoms with Crippen LogP contribution in [0.15, 0.2) is 49.2 Å². The van der Waals surface area contributed by atoms with Crippen molar-refractivity contribution >= 4 is 18.3 Å². The minimum absolute atomic E-state index is 0. The second kappa shape index (κ2) is 8.31. The molecule has 3 aromatic rings. The van der Waals surface area contributed by atoms with Crippen LogP contribution in [0.5, 0.6) is 0 Å². The van der Waals surface area contributed by atoms with Gasteiger partial charge in [0.25, 0.3) is 5.91 Å². The Bertz CT molecular complexity index is 921. The Hall–Kier alpha value is -2.73. The van der Waals surface area contributed by atoms with Crippen molar-refractivity contribution in [1.29, 1.82) is 0 Å². The zero-order valence-corrected chi connectivity index (χ0v) is 15.9. The van der Waals surface area contributed by atoms with Gasteiger partial charge in [-0.2, -0.15) is 5.10 Å². The molecule has 1 amide bonds. The van der Waals surface area contributed by atoms with Gasteiger partial charge in [0, 0.05) is 54.1 Å². The third kappa shape index (κ3) is 4.17. The molecule has 0 spiro atoms. The first kappa shape index (κ1) is 19.0. The standard InChI is InChI=1S/C20H21N5O.ClH/c1-14-12-22-9-6-17(14)18-13-24-25(19(18)15-2-3-15)11-10-23-20(26)16-4-7-21-8-5-16;/h4-9,12-13,15H,2-3,10-11H2,1H3,(H,23,26);1H. The lowest BCUT2D eigenvalue weighted by molar-refractivity contribution is 0.0951. The first-order valence-electron chi connectivity index (χ1n) is 8.89. The van der Waals surface area contributed by atoms with Gasteiger partial charge in [-0.05, 0) is 49.1 Å². The Morgan fingerprint density at radius 2 is 1.85 bits per heavy atom. The molecule has 1 saturated carbocycles. The van der Waals surface area contributed by atoms with E-state index in [2.05, 4.69) is 27.3 Å². The van der Waals surface area contributed by atoms with Crippen molar-refractivity contribution in [3.63, 3.8) is 0 Å². The molecular weight excluding hydrogens is 362 g/mol. The van der Waals surface area contributed by atoms with E-state index in [9.17, 15) is 4.79 Å². The Kier molecular flexibility index (Phi) is 5.86. The van der Waals surface area contributed by atoms with Crippen LogP contribution in [0.4, 0.5) is 0 Å². The third-order valence-electron chi connectivity index (χ3n) is 4.71. The molecule has 0 aromatic carbocycles. The van der Waals surface area contributed by atoms with Crippen LogP contribution in [0, 0.1) is 6.92 Å². The van der Waals surface area contributed by atoms with Crippen molar-refractivity contribution in [1.82, 2.24) is 25.1 Å². The maximum atomic E-state index is 12.2. The maximum Gasteiger partial charge on any atom is 0.251 e. The lowest BCUT2D eigenvalue weighted by atomic mass is 10.0. The zero-order chi connectivity index (χ0) is 17.9. The Morgan fingerprint density at radius 3 is 2.56 bits per heavy atom. The van der Waals surface area contributed by atoms with Gasteiger partial charge in [0.15, 0.2) is 0 Å². The number of pyridine rings is 2. The summed E-state index contributed by atoms with van der Waals surface area (Å²) >= 11 is 0. The zero-order valence-electron chi connectivity index (χ0n) is 15.1. The average Bonchev–Trinajstić information content (AvgIpc) is 3.43. The monoisotopic (exact) mass is 383 g/mol. The predicted molar refractivity (Wildman–Crippen MR) is 106 cm³/mol. The van der Waals surface area contributed by atoms with E-state index in [1.807, 2.05) is 29.3 Å². The van der Waals surface area contributed by atoms with Gasteiger partial charge in [-0.25, -0.2) is 0 Å². The molecule has 4 rings (SSSR count). The molecule has 1 aliphatic rings. The highest BCUT2D eigenvalue weighted by molar-refractivity contribution is 5.93. The lowest BCUT2D eigenvalue weighted by Gasteiger charge is -2.11. The van der Waals surface area contributed by atoms with Gasteiger partial charge in [0.05, 0.1) is 12.7 Å². The van der Waals surface area contributed by atoms with E-state index in [-0.39, 0.29) is 18.3 Å². The van der Waals surface area contributed by atoms with Gasteiger partial charge in [-0.1, -0.05) is 0 Å². The van der Waals surface area contributed by atoms with Gasteiger partial charge in [0.1, 0.15) is 0 Å². The minimum atomic E-state index is -0.0854. The number of nitrogens with zero attached hydrogens (tertiary/aromatic N) is 4. The summed E-state index contributed by atoms with van der Waals surface area (Å²) in [6.45, 7) is 3.27. The van der Waals surface area contributed by atoms with Crippen LogP contribution in [-0.2, 0) is 6.54 Å². The Balaban J connectivity index is 0.00000210. The van der Waals surface area contributed by atoms with E-state index in [1.165, 1.54) is 29.7 Å². The van der Waals surface area contributed by atoms with Crippen LogP contribution in [0.1, 0.15) is 40.4 Å². The summed E-state index contributed by atoms with van der Waals surface area (Å²) < 4.78 is 2.04. The predicted octanol–water partition coefficient (Wildman–Crippen LogP) is 3.38. The van der Waals surface area contributed by atoms with Gasteiger partial charge >= 0.3 is 0 Å². The molecule has 1 aliphatic carbocycles. The van der Waals surface area contributed by atoms with Crippen molar-refractivity contribution < 1.29 is 4.79 Å². The number of halogens is 1. The molecule has 3 aromatic heterocycles. The normalized spacial score (nSPS) is 13.1. The fourth-order valence-corrected chi connectivity index (χ4v) is 3.22. The van der Waals surface area contributed by atoms with Crippen LogP contribution < -0.4 is 5.32 Å². The summed E-state index contributed by atoms with van der Waals surface area (Å²) in [6.07, 6.45) is 11.3. The molecular formula is C20H22ClN5O. The van der Waals surface area contributed by atoms with E-state index in [4.69, 9.17) is 0 Å². The van der Waals surface area contributed by atoms with Crippen LogP contribution in [0.3, 0.4) is 0 Å². The molecule has 1 N–H and O–H groups in total. The first-order valence-corrected chi connectivity index (χ1v) is 8.89. The minimum Gasteiger partial charge on any atom is -0.350 e. The molecule has 0 radical (unpaired) electrons. The van der Waals surface area contributed by atoms with E-state index < -0.39 is 0 Å². The van der Waals surface area contributed by atoms with Crippen LogP contribution in [-0.4, -0.2) is 32.2 Å². The Morgan fingerprint density at radius 1 is 1.11 bits per heavy atom. The average molecular weight is 384 g/mol. The molecule has 0 aliphatic heterocycles. The number of carbonyl (C=O) groups excluding carboxylic acids is 1. The summed E-state index contributed by atoms with van der Waals surface area (Å²) in [6, 6.07) is 5.47. The number of hydrogen-bond donors (Lipinski definition) is 1. The molecule has 1 fully saturated rings. The Labute approximate surface area is 164 Å². The van der Waals surface area contributed by atoms with Gasteiger partial charge < -0.3 is 5.32 Å². The first-order chi connectivity index (χ1) is 12.7. The number of amides is 1. The van der Waals surface area contributed by atoms with Gasteiger partial charge in [-0.3, -0.25) is 19.4 Å². The summed E-state index contributed by atoms with van der Waals surface area (Å²) in [5.41, 5.74) is 5.43. The van der Waals surface area contributed by atoms with E-state index in [1.54, 1.807) is 24.5 Å². The van der Waals surface area contributed by atoms with Crippen molar-refractivity contribution in [2.75, 3.05) is 6.54 Å².